The van der Waals surface area contributed by atoms with Gasteiger partial charge in [0.2, 0.25) is 11.0 Å². The third kappa shape index (κ3) is 12.7. The summed E-state index contributed by atoms with van der Waals surface area (Å²) in [6.07, 6.45) is 9.50. The van der Waals surface area contributed by atoms with Crippen LogP contribution >= 0.6 is 11.6 Å². The number of carbonyl (C=O) groups is 2. The van der Waals surface area contributed by atoms with Crippen LogP contribution in [0.4, 0.5) is 28.8 Å². The first-order chi connectivity index (χ1) is 26.2. The van der Waals surface area contributed by atoms with Gasteiger partial charge in [0.15, 0.2) is 5.78 Å². The van der Waals surface area contributed by atoms with E-state index in [-0.39, 0.29) is 40.7 Å². The Balaban J connectivity index is 0.000000201. The molecule has 4 aromatic heterocycles. The summed E-state index contributed by atoms with van der Waals surface area (Å²) in [6, 6.07) is 14.5. The van der Waals surface area contributed by atoms with Gasteiger partial charge in [-0.15, -0.1) is 0 Å². The quantitative estimate of drug-likeness (QED) is 0.0796. The van der Waals surface area contributed by atoms with E-state index in [2.05, 4.69) is 68.2 Å². The molecule has 4 aromatic rings. The molecule has 0 fully saturated rings. The lowest BCUT2D eigenvalue weighted by Gasteiger charge is -2.33. The molecule has 2 aliphatic rings. The molecule has 0 aromatic carbocycles. The smallest absolute Gasteiger partial charge is 0.325 e. The van der Waals surface area contributed by atoms with Crippen LogP contribution < -0.4 is 14.7 Å². The first-order valence-electron chi connectivity index (χ1n) is 17.8. The summed E-state index contributed by atoms with van der Waals surface area (Å²) in [5.41, 5.74) is 2.17. The fourth-order valence-electron chi connectivity index (χ4n) is 5.69. The summed E-state index contributed by atoms with van der Waals surface area (Å²) >= 11 is 5.37. The predicted molar refractivity (Wildman–Crippen MR) is 212 cm³/mol. The highest BCUT2D eigenvalue weighted by molar-refractivity contribution is 6.31. The van der Waals surface area contributed by atoms with Gasteiger partial charge in [-0.2, -0.15) is 0 Å². The molecule has 0 saturated carbocycles. The number of fused-ring (bicyclic) bond motifs is 2. The number of methoxy groups -OCH3 is 1. The number of ketones is 1. The minimum Gasteiger partial charge on any atom is -0.468 e. The van der Waals surface area contributed by atoms with Crippen molar-refractivity contribution < 1.29 is 24.2 Å². The topological polar surface area (TPSA) is 191 Å². The molecule has 0 unspecified atom stereocenters. The van der Waals surface area contributed by atoms with E-state index >= 15 is 0 Å². The van der Waals surface area contributed by atoms with Gasteiger partial charge >= 0.3 is 17.3 Å². The third-order valence-electron chi connectivity index (χ3n) is 8.43. The lowest BCUT2D eigenvalue weighted by molar-refractivity contribution is -0.385. The van der Waals surface area contributed by atoms with Crippen LogP contribution in [0.1, 0.15) is 59.1 Å². The second-order valence-corrected chi connectivity index (χ2v) is 13.6. The van der Waals surface area contributed by atoms with Gasteiger partial charge in [0.1, 0.15) is 18.2 Å². The molecule has 0 saturated heterocycles. The minimum absolute atomic E-state index is 0.0764. The van der Waals surface area contributed by atoms with Crippen LogP contribution in [0.15, 0.2) is 73.3 Å². The second kappa shape index (κ2) is 21.2. The van der Waals surface area contributed by atoms with Crippen molar-refractivity contribution in [2.75, 3.05) is 41.4 Å². The number of Topliss-reactive ketones (excluding diaryl/α,β-unsaturated/α-hetero) is 1. The monoisotopic (exact) mass is 777 g/mol. The number of esters is 1. The lowest BCUT2D eigenvalue weighted by atomic mass is 10.0. The summed E-state index contributed by atoms with van der Waals surface area (Å²) in [7, 11) is 1.27. The summed E-state index contributed by atoms with van der Waals surface area (Å²) in [4.78, 5) is 65.0. The van der Waals surface area contributed by atoms with Gasteiger partial charge in [0, 0.05) is 73.6 Å². The third-order valence-corrected chi connectivity index (χ3v) is 8.72. The highest BCUT2D eigenvalue weighted by Crippen LogP contribution is 2.27. The molecular formula is C38H48ClN9O7. The summed E-state index contributed by atoms with van der Waals surface area (Å²) in [5, 5.41) is 21.0. The maximum atomic E-state index is 11.5. The minimum atomic E-state index is -0.574. The Morgan fingerprint density at radius 2 is 1.35 bits per heavy atom. The standard InChI is InChI=1S/C11H15N3O4.C11H14N2O.C11H16N2.C5H3ClN2O2/c1-8(2)13(7-10(15)18-3)11-9(14(16)17)5-4-6-12-11;1-8(2)13-7-10(14)6-9-4-3-5-12-11(9)13;1-9(2)13-8-4-6-10-5-3-7-12-11(10)13;6-5-4(8(9)10)2-1-3-7-5/h4-6,8H,7H2,1-3H3;3-5,8H,6-7H2,1-2H3;3,5,7,9H,4,6,8H2,1-2H3;1-3H. The summed E-state index contributed by atoms with van der Waals surface area (Å²) in [5.74, 6) is 2.15. The molecule has 17 heteroatoms. The Hall–Kier alpha value is -5.77. The predicted octanol–water partition coefficient (Wildman–Crippen LogP) is 6.69. The van der Waals surface area contributed by atoms with Crippen LogP contribution in [0.5, 0.6) is 0 Å². The van der Waals surface area contributed by atoms with Gasteiger partial charge in [-0.05, 0) is 84.2 Å². The average Bonchev–Trinajstić information content (AvgIpc) is 3.16. The molecule has 0 amide bonds. The number of rotatable bonds is 8. The molecule has 0 radical (unpaired) electrons. The molecule has 16 nitrogen and oxygen atoms in total. The number of anilines is 3. The van der Waals surface area contributed by atoms with Crippen molar-refractivity contribution in [2.45, 2.75) is 78.9 Å². The van der Waals surface area contributed by atoms with E-state index in [1.54, 1.807) is 6.20 Å². The number of aryl methyl sites for hydroxylation is 1. The van der Waals surface area contributed by atoms with Crippen LogP contribution in [0.25, 0.3) is 0 Å². The van der Waals surface area contributed by atoms with E-state index in [0.717, 1.165) is 17.9 Å². The molecule has 294 valence electrons. The van der Waals surface area contributed by atoms with Crippen LogP contribution in [-0.2, 0) is 27.2 Å². The molecule has 6 heterocycles. The zero-order valence-electron chi connectivity index (χ0n) is 32.2. The summed E-state index contributed by atoms with van der Waals surface area (Å²) < 4.78 is 4.57. The van der Waals surface area contributed by atoms with Crippen molar-refractivity contribution in [3.05, 3.63) is 110 Å². The maximum Gasteiger partial charge on any atom is 0.325 e. The molecular weight excluding hydrogens is 730 g/mol. The van der Waals surface area contributed by atoms with Crippen LogP contribution in [0, 0.1) is 20.2 Å². The fraction of sp³-hybridized carbons (Fsp3) is 0.421. The van der Waals surface area contributed by atoms with Crippen LogP contribution in [-0.4, -0.2) is 86.4 Å². The van der Waals surface area contributed by atoms with Gasteiger partial charge in [0.25, 0.3) is 0 Å². The number of pyridine rings is 4. The molecule has 0 atom stereocenters. The Morgan fingerprint density at radius 1 is 0.818 bits per heavy atom. The molecule has 2 aliphatic heterocycles. The van der Waals surface area contributed by atoms with E-state index in [1.807, 2.05) is 38.2 Å². The molecule has 55 heavy (non-hydrogen) atoms. The van der Waals surface area contributed by atoms with E-state index in [0.29, 0.717) is 25.0 Å². The van der Waals surface area contributed by atoms with Crippen molar-refractivity contribution in [3.8, 4) is 0 Å². The second-order valence-electron chi connectivity index (χ2n) is 13.3. The van der Waals surface area contributed by atoms with Crippen LogP contribution in [0.3, 0.4) is 0 Å². The number of aromatic nitrogens is 4. The number of nitro groups is 2. The number of ether oxygens (including phenoxy) is 1. The highest BCUT2D eigenvalue weighted by atomic mass is 35.5. The van der Waals surface area contributed by atoms with Crippen molar-refractivity contribution in [1.82, 2.24) is 19.9 Å². The first kappa shape index (κ1) is 43.6. The Labute approximate surface area is 325 Å². The van der Waals surface area contributed by atoms with E-state index in [1.165, 1.54) is 72.9 Å². The zero-order valence-corrected chi connectivity index (χ0v) is 32.9. The van der Waals surface area contributed by atoms with Crippen molar-refractivity contribution in [2.24, 2.45) is 0 Å². The molecule has 0 spiro atoms. The Bertz CT molecular complexity index is 1910. The number of hydrogen-bond donors (Lipinski definition) is 0. The van der Waals surface area contributed by atoms with Gasteiger partial charge in [-0.1, -0.05) is 23.7 Å². The summed E-state index contributed by atoms with van der Waals surface area (Å²) in [6.45, 7) is 13.8. The van der Waals surface area contributed by atoms with E-state index in [4.69, 9.17) is 11.6 Å². The average molecular weight is 778 g/mol. The van der Waals surface area contributed by atoms with Gasteiger partial charge in [0.05, 0.1) is 23.5 Å². The first-order valence-corrected chi connectivity index (χ1v) is 18.1. The highest BCUT2D eigenvalue weighted by Gasteiger charge is 2.26. The molecule has 0 aliphatic carbocycles. The van der Waals surface area contributed by atoms with Crippen molar-refractivity contribution >= 4 is 52.2 Å². The maximum absolute atomic E-state index is 11.5. The van der Waals surface area contributed by atoms with Crippen LogP contribution in [0.2, 0.25) is 5.15 Å². The Morgan fingerprint density at radius 3 is 1.87 bits per heavy atom. The van der Waals surface area contributed by atoms with Gasteiger partial charge in [-0.3, -0.25) is 29.8 Å². The molecule has 0 bridgehead atoms. The Kier molecular flexibility index (Phi) is 16.8. The van der Waals surface area contributed by atoms with Gasteiger partial charge < -0.3 is 19.4 Å². The van der Waals surface area contributed by atoms with E-state index < -0.39 is 15.8 Å². The zero-order chi connectivity index (χ0) is 40.7. The number of carbonyl (C=O) groups excluding carboxylic acids is 2. The number of halogens is 1. The van der Waals surface area contributed by atoms with Crippen molar-refractivity contribution in [1.29, 1.82) is 0 Å². The van der Waals surface area contributed by atoms with E-state index in [9.17, 15) is 29.8 Å². The van der Waals surface area contributed by atoms with Crippen molar-refractivity contribution in [3.63, 3.8) is 0 Å². The SMILES string of the molecule is CC(C)N1CC(=O)Cc2cccnc21.CC(C)N1CCCc2cccnc21.COC(=O)CN(c1ncccc1[N+](=O)[O-])C(C)C.O=[N+]([O-])c1cccnc1Cl. The normalized spacial score (nSPS) is 12.9. The number of nitrogens with zero attached hydrogens (tertiary/aromatic N) is 9. The molecule has 6 rings (SSSR count). The fourth-order valence-corrected chi connectivity index (χ4v) is 5.88. The number of hydrogen-bond acceptors (Lipinski definition) is 14. The molecule has 0 N–H and O–H groups in total. The lowest BCUT2D eigenvalue weighted by Crippen LogP contribution is -2.40. The largest absolute Gasteiger partial charge is 0.468 e. The van der Waals surface area contributed by atoms with Gasteiger partial charge in [-0.25, -0.2) is 19.9 Å².